The molecule has 2 saturated heterocycles. The first kappa shape index (κ1) is 34.3. The number of carbonyl (C=O) groups excluding carboxylic acids is 3. The number of nitrogens with zero attached hydrogens (tertiary/aromatic N) is 3. The summed E-state index contributed by atoms with van der Waals surface area (Å²) < 4.78 is 28.3. The summed E-state index contributed by atoms with van der Waals surface area (Å²) in [4.78, 5) is 47.7. The first-order valence-electron chi connectivity index (χ1n) is 16.8. The number of aliphatic hydroxyl groups excluding tert-OH is 1. The Hall–Kier alpha value is -4.62. The first-order valence-corrected chi connectivity index (χ1v) is 16.8. The van der Waals surface area contributed by atoms with Gasteiger partial charge in [0.1, 0.15) is 23.7 Å². The molecule has 2 N–H and O–H groups in total. The number of oxazole rings is 1. The lowest BCUT2D eigenvalue weighted by molar-refractivity contribution is -0.0113. The fraction of sp³-hybridized carbons (Fsp3) is 0.500. The largest absolute Gasteiger partial charge is 0.493 e. The van der Waals surface area contributed by atoms with Gasteiger partial charge in [-0.3, -0.25) is 14.5 Å². The monoisotopic (exact) mass is 676 g/mol. The van der Waals surface area contributed by atoms with E-state index in [0.717, 1.165) is 24.0 Å². The maximum absolute atomic E-state index is 13.5. The molecule has 6 rings (SSSR count). The highest BCUT2D eigenvalue weighted by Gasteiger charge is 2.41. The lowest BCUT2D eigenvalue weighted by atomic mass is 9.91. The van der Waals surface area contributed by atoms with E-state index in [1.165, 1.54) is 11.3 Å². The van der Waals surface area contributed by atoms with Gasteiger partial charge in [0.05, 0.1) is 55.8 Å². The Morgan fingerprint density at radius 1 is 1.06 bits per heavy atom. The van der Waals surface area contributed by atoms with Gasteiger partial charge >= 0.3 is 6.09 Å². The van der Waals surface area contributed by atoms with Gasteiger partial charge in [0.2, 0.25) is 0 Å². The Kier molecular flexibility index (Phi) is 10.1. The van der Waals surface area contributed by atoms with Gasteiger partial charge in [0.25, 0.3) is 11.8 Å². The zero-order valence-electron chi connectivity index (χ0n) is 28.3. The summed E-state index contributed by atoms with van der Waals surface area (Å²) in [5.41, 5.74) is 1.73. The lowest BCUT2D eigenvalue weighted by Crippen LogP contribution is -2.54. The van der Waals surface area contributed by atoms with E-state index in [0.29, 0.717) is 43.3 Å². The Morgan fingerprint density at radius 3 is 2.53 bits per heavy atom. The first-order chi connectivity index (χ1) is 23.5. The normalized spacial score (nSPS) is 20.7. The minimum absolute atomic E-state index is 0.0544. The number of nitrogens with one attached hydrogen (secondary N) is 1. The van der Waals surface area contributed by atoms with Crippen LogP contribution >= 0.6 is 0 Å². The molecule has 2 aromatic carbocycles. The van der Waals surface area contributed by atoms with E-state index in [1.54, 1.807) is 52.1 Å². The van der Waals surface area contributed by atoms with Crippen molar-refractivity contribution in [3.8, 4) is 11.5 Å². The third kappa shape index (κ3) is 7.83. The van der Waals surface area contributed by atoms with Gasteiger partial charge in [0, 0.05) is 18.7 Å². The van der Waals surface area contributed by atoms with Gasteiger partial charge in [-0.1, -0.05) is 6.07 Å². The van der Waals surface area contributed by atoms with Crippen LogP contribution in [0.15, 0.2) is 53.4 Å². The standard InChI is InChI=1S/C36H44N4O9/c1-5-46-32-14-23(34(43)40-25-8-9-26(40)19-45-18-25)7-11-29(32)33(42)38-16-31(41)30-13-22-6-10-27(47-20-28-15-37-21-48-28)12-24(22)17-39(30)35(44)49-36(2,3)4/h6-7,10-12,14-15,21,25-26,30-31,41H,5,8-9,13,16-20H2,1-4H3,(H,38,42)/t25?,26?,30-,31+/m0/s1. The molecule has 2 bridgehead atoms. The van der Waals surface area contributed by atoms with E-state index < -0.39 is 29.7 Å². The van der Waals surface area contributed by atoms with Crippen LogP contribution < -0.4 is 14.8 Å². The number of hydrogen-bond donors (Lipinski definition) is 2. The van der Waals surface area contributed by atoms with Crippen LogP contribution in [0.3, 0.4) is 0 Å². The van der Waals surface area contributed by atoms with Crippen molar-refractivity contribution < 1.29 is 42.9 Å². The molecule has 2 unspecified atom stereocenters. The highest BCUT2D eigenvalue weighted by atomic mass is 16.6. The predicted molar refractivity (Wildman–Crippen MR) is 176 cm³/mol. The Balaban J connectivity index is 1.15. The second kappa shape index (κ2) is 14.5. The van der Waals surface area contributed by atoms with Crippen molar-refractivity contribution in [2.45, 2.75) is 89.9 Å². The van der Waals surface area contributed by atoms with Gasteiger partial charge in [-0.2, -0.15) is 0 Å². The van der Waals surface area contributed by atoms with Crippen LogP contribution in [0.4, 0.5) is 4.79 Å². The van der Waals surface area contributed by atoms with Crippen LogP contribution in [0.1, 0.15) is 78.1 Å². The van der Waals surface area contributed by atoms with Crippen LogP contribution in [-0.4, -0.2) is 94.0 Å². The fourth-order valence-corrected chi connectivity index (χ4v) is 6.66. The number of benzene rings is 2. The molecule has 0 radical (unpaired) electrons. The van der Waals surface area contributed by atoms with Crippen molar-refractivity contribution in [2.24, 2.45) is 0 Å². The van der Waals surface area contributed by atoms with E-state index in [2.05, 4.69) is 10.3 Å². The second-order valence-electron chi connectivity index (χ2n) is 13.6. The van der Waals surface area contributed by atoms with E-state index in [1.807, 2.05) is 23.1 Å². The average Bonchev–Trinajstić information content (AvgIpc) is 3.69. The van der Waals surface area contributed by atoms with E-state index >= 15 is 0 Å². The molecule has 49 heavy (non-hydrogen) atoms. The number of aliphatic hydroxyl groups is 1. The van der Waals surface area contributed by atoms with Gasteiger partial charge in [-0.25, -0.2) is 9.78 Å². The molecule has 3 aliphatic heterocycles. The van der Waals surface area contributed by atoms with Crippen LogP contribution in [-0.2, 0) is 29.0 Å². The van der Waals surface area contributed by atoms with Crippen molar-refractivity contribution in [2.75, 3.05) is 26.4 Å². The van der Waals surface area contributed by atoms with Crippen LogP contribution in [0.5, 0.6) is 11.5 Å². The molecule has 13 heteroatoms. The Labute approximate surface area is 285 Å². The number of rotatable bonds is 10. The number of ether oxygens (including phenoxy) is 4. The SMILES string of the molecule is CCOc1cc(C(=O)N2C3CCC2COC3)ccc1C(=O)NC[C@@H](O)[C@@H]1Cc2ccc(OCc3cnco3)cc2CN1C(=O)OC(C)(C)C. The Morgan fingerprint density at radius 2 is 1.84 bits per heavy atom. The van der Waals surface area contributed by atoms with E-state index in [-0.39, 0.29) is 49.0 Å². The van der Waals surface area contributed by atoms with Crippen LogP contribution in [0, 0.1) is 0 Å². The van der Waals surface area contributed by atoms with Gasteiger partial charge < -0.3 is 38.7 Å². The summed E-state index contributed by atoms with van der Waals surface area (Å²) in [5, 5.41) is 14.3. The quantitative estimate of drug-likeness (QED) is 0.321. The number of amides is 3. The maximum Gasteiger partial charge on any atom is 0.410 e. The number of morpholine rings is 1. The van der Waals surface area contributed by atoms with Crippen molar-refractivity contribution in [3.63, 3.8) is 0 Å². The lowest BCUT2D eigenvalue weighted by Gasteiger charge is -2.40. The summed E-state index contributed by atoms with van der Waals surface area (Å²) in [6, 6.07) is 9.85. The smallest absolute Gasteiger partial charge is 0.410 e. The van der Waals surface area contributed by atoms with Crippen molar-refractivity contribution in [1.29, 1.82) is 0 Å². The van der Waals surface area contributed by atoms with Crippen molar-refractivity contribution >= 4 is 17.9 Å². The highest BCUT2D eigenvalue weighted by molar-refractivity contribution is 6.00. The fourth-order valence-electron chi connectivity index (χ4n) is 6.66. The van der Waals surface area contributed by atoms with Gasteiger partial charge in [-0.05, 0) is 88.4 Å². The molecular formula is C36H44N4O9. The minimum atomic E-state index is -1.12. The number of aromatic nitrogens is 1. The molecule has 1 aromatic heterocycles. The molecule has 3 aliphatic rings. The second-order valence-corrected chi connectivity index (χ2v) is 13.6. The molecule has 0 saturated carbocycles. The molecule has 0 aliphatic carbocycles. The highest BCUT2D eigenvalue weighted by Crippen LogP contribution is 2.33. The molecule has 3 amide bonds. The average molecular weight is 677 g/mol. The summed E-state index contributed by atoms with van der Waals surface area (Å²) in [6.07, 6.45) is 3.37. The van der Waals surface area contributed by atoms with Crippen LogP contribution in [0.25, 0.3) is 0 Å². The number of hydrogen-bond acceptors (Lipinski definition) is 10. The third-order valence-corrected chi connectivity index (χ3v) is 9.00. The topological polar surface area (TPSA) is 153 Å². The molecule has 2 fully saturated rings. The molecular weight excluding hydrogens is 632 g/mol. The molecule has 262 valence electrons. The molecule has 4 atom stereocenters. The molecule has 3 aromatic rings. The molecule has 4 heterocycles. The van der Waals surface area contributed by atoms with Crippen molar-refractivity contribution in [1.82, 2.24) is 20.1 Å². The van der Waals surface area contributed by atoms with Gasteiger partial charge in [-0.15, -0.1) is 0 Å². The summed E-state index contributed by atoms with van der Waals surface area (Å²) in [7, 11) is 0. The van der Waals surface area contributed by atoms with E-state index in [4.69, 9.17) is 23.4 Å². The summed E-state index contributed by atoms with van der Waals surface area (Å²) >= 11 is 0. The summed E-state index contributed by atoms with van der Waals surface area (Å²) in [5.74, 6) is 0.884. The number of fused-ring (bicyclic) bond motifs is 3. The zero-order chi connectivity index (χ0) is 34.7. The zero-order valence-corrected chi connectivity index (χ0v) is 28.3. The number of carbonyl (C=O) groups is 3. The third-order valence-electron chi connectivity index (χ3n) is 9.00. The minimum Gasteiger partial charge on any atom is -0.493 e. The summed E-state index contributed by atoms with van der Waals surface area (Å²) in [6.45, 7) is 8.74. The van der Waals surface area contributed by atoms with Gasteiger partial charge in [0.15, 0.2) is 12.2 Å². The Bertz CT molecular complexity index is 1640. The van der Waals surface area contributed by atoms with Crippen molar-refractivity contribution in [3.05, 3.63) is 77.0 Å². The van der Waals surface area contributed by atoms with Crippen LogP contribution in [0.2, 0.25) is 0 Å². The molecule has 13 nitrogen and oxygen atoms in total. The van der Waals surface area contributed by atoms with E-state index in [9.17, 15) is 19.5 Å². The maximum atomic E-state index is 13.5. The predicted octanol–water partition coefficient (Wildman–Crippen LogP) is 4.11. The molecule has 0 spiro atoms.